The maximum atomic E-state index is 12.2. The molecule has 0 aliphatic carbocycles. The highest BCUT2D eigenvalue weighted by Gasteiger charge is 2.14. The molecule has 0 saturated heterocycles. The van der Waals surface area contributed by atoms with E-state index in [2.05, 4.69) is 34.9 Å². The van der Waals surface area contributed by atoms with Crippen LogP contribution in [0.3, 0.4) is 0 Å². The lowest BCUT2D eigenvalue weighted by Gasteiger charge is -2.18. The van der Waals surface area contributed by atoms with Crippen LogP contribution in [-0.4, -0.2) is 17.7 Å². The summed E-state index contributed by atoms with van der Waals surface area (Å²) in [6.45, 7) is 0.507. The van der Waals surface area contributed by atoms with E-state index in [1.54, 1.807) is 12.1 Å². The van der Waals surface area contributed by atoms with Crippen molar-refractivity contribution in [1.82, 2.24) is 5.32 Å². The zero-order chi connectivity index (χ0) is 18.9. The molecule has 0 fully saturated rings. The molecular weight excluding hydrogens is 336 g/mol. The Kier molecular flexibility index (Phi) is 6.61. The van der Waals surface area contributed by atoms with Crippen molar-refractivity contribution in [3.05, 3.63) is 102 Å². The molecule has 0 heterocycles. The van der Waals surface area contributed by atoms with Crippen LogP contribution in [0.5, 0.6) is 0 Å². The molecule has 4 nitrogen and oxygen atoms in total. The molecule has 0 saturated carbocycles. The minimum absolute atomic E-state index is 0.0486. The van der Waals surface area contributed by atoms with E-state index in [0.29, 0.717) is 12.2 Å². The van der Waals surface area contributed by atoms with Crippen molar-refractivity contribution in [2.75, 3.05) is 11.9 Å². The molecule has 3 N–H and O–H groups in total. The number of anilines is 1. The molecule has 2 amide bonds. The SMILES string of the molecule is O=C(NCCC(c1ccccc1)c1ccccc1)Nc1cccc(CO)c1. The van der Waals surface area contributed by atoms with Gasteiger partial charge in [-0.1, -0.05) is 72.8 Å². The molecule has 138 valence electrons. The van der Waals surface area contributed by atoms with Gasteiger partial charge in [-0.15, -0.1) is 0 Å². The van der Waals surface area contributed by atoms with Gasteiger partial charge in [-0.3, -0.25) is 0 Å². The van der Waals surface area contributed by atoms with Gasteiger partial charge >= 0.3 is 6.03 Å². The van der Waals surface area contributed by atoms with Crippen LogP contribution >= 0.6 is 0 Å². The van der Waals surface area contributed by atoms with Gasteiger partial charge < -0.3 is 15.7 Å². The van der Waals surface area contributed by atoms with Crippen molar-refractivity contribution in [2.24, 2.45) is 0 Å². The number of carbonyl (C=O) groups is 1. The lowest BCUT2D eigenvalue weighted by molar-refractivity contribution is 0.252. The van der Waals surface area contributed by atoms with Gasteiger partial charge in [-0.2, -0.15) is 0 Å². The van der Waals surface area contributed by atoms with Gasteiger partial charge in [-0.25, -0.2) is 4.79 Å². The molecule has 0 radical (unpaired) electrons. The first-order valence-electron chi connectivity index (χ1n) is 9.11. The van der Waals surface area contributed by atoms with Crippen LogP contribution in [0.2, 0.25) is 0 Å². The average molecular weight is 360 g/mol. The van der Waals surface area contributed by atoms with Gasteiger partial charge in [0.2, 0.25) is 0 Å². The number of rotatable bonds is 7. The highest BCUT2D eigenvalue weighted by Crippen LogP contribution is 2.27. The van der Waals surface area contributed by atoms with E-state index in [-0.39, 0.29) is 18.6 Å². The fraction of sp³-hybridized carbons (Fsp3) is 0.174. The first-order valence-corrected chi connectivity index (χ1v) is 9.11. The largest absolute Gasteiger partial charge is 0.392 e. The summed E-state index contributed by atoms with van der Waals surface area (Å²) in [7, 11) is 0. The minimum atomic E-state index is -0.245. The van der Waals surface area contributed by atoms with Crippen molar-refractivity contribution < 1.29 is 9.90 Å². The van der Waals surface area contributed by atoms with Crippen LogP contribution in [0.25, 0.3) is 0 Å². The first kappa shape index (κ1) is 18.7. The number of hydrogen-bond acceptors (Lipinski definition) is 2. The van der Waals surface area contributed by atoms with E-state index >= 15 is 0 Å². The first-order chi connectivity index (χ1) is 13.3. The minimum Gasteiger partial charge on any atom is -0.392 e. The Morgan fingerprint density at radius 1 is 0.852 bits per heavy atom. The Labute approximate surface area is 159 Å². The monoisotopic (exact) mass is 360 g/mol. The number of amides is 2. The van der Waals surface area contributed by atoms with Gasteiger partial charge in [0.15, 0.2) is 0 Å². The predicted molar refractivity (Wildman–Crippen MR) is 109 cm³/mol. The van der Waals surface area contributed by atoms with Crippen LogP contribution in [-0.2, 0) is 6.61 Å². The molecular formula is C23H24N2O2. The molecule has 4 heteroatoms. The molecule has 0 aromatic heterocycles. The smallest absolute Gasteiger partial charge is 0.319 e. The Morgan fingerprint density at radius 2 is 1.48 bits per heavy atom. The number of nitrogens with one attached hydrogen (secondary N) is 2. The lowest BCUT2D eigenvalue weighted by Crippen LogP contribution is -2.30. The molecule has 3 aromatic rings. The number of aliphatic hydroxyl groups excluding tert-OH is 1. The summed E-state index contributed by atoms with van der Waals surface area (Å²) in [6.07, 6.45) is 0.804. The van der Waals surface area contributed by atoms with Crippen LogP contribution in [0.4, 0.5) is 10.5 Å². The predicted octanol–water partition coefficient (Wildman–Crippen LogP) is 4.52. The van der Waals surface area contributed by atoms with Crippen LogP contribution in [0, 0.1) is 0 Å². The van der Waals surface area contributed by atoms with E-state index in [9.17, 15) is 9.90 Å². The van der Waals surface area contributed by atoms with E-state index in [0.717, 1.165) is 12.0 Å². The fourth-order valence-corrected chi connectivity index (χ4v) is 3.15. The van der Waals surface area contributed by atoms with Gasteiger partial charge in [0.05, 0.1) is 6.61 Å². The van der Waals surface area contributed by atoms with Gasteiger partial charge in [0, 0.05) is 18.2 Å². The van der Waals surface area contributed by atoms with Crippen LogP contribution < -0.4 is 10.6 Å². The molecule has 0 spiro atoms. The number of urea groups is 1. The summed E-state index contributed by atoms with van der Waals surface area (Å²) in [5.74, 6) is 0.227. The summed E-state index contributed by atoms with van der Waals surface area (Å²) in [5, 5.41) is 14.9. The third-order valence-electron chi connectivity index (χ3n) is 4.49. The second-order valence-corrected chi connectivity index (χ2v) is 6.40. The molecule has 3 rings (SSSR count). The fourth-order valence-electron chi connectivity index (χ4n) is 3.15. The van der Waals surface area contributed by atoms with E-state index in [1.807, 2.05) is 48.5 Å². The van der Waals surface area contributed by atoms with Crippen molar-refractivity contribution >= 4 is 11.7 Å². The normalized spacial score (nSPS) is 10.6. The molecule has 0 unspecified atom stereocenters. The quantitative estimate of drug-likeness (QED) is 0.580. The van der Waals surface area contributed by atoms with E-state index < -0.39 is 0 Å². The van der Waals surface area contributed by atoms with Gasteiger partial charge in [-0.05, 0) is 35.2 Å². The summed E-state index contributed by atoms with van der Waals surface area (Å²) >= 11 is 0. The highest BCUT2D eigenvalue weighted by molar-refractivity contribution is 5.89. The van der Waals surface area contributed by atoms with Crippen LogP contribution in [0.1, 0.15) is 29.0 Å². The van der Waals surface area contributed by atoms with E-state index in [4.69, 9.17) is 0 Å². The Balaban J connectivity index is 1.60. The van der Waals surface area contributed by atoms with Crippen molar-refractivity contribution in [3.8, 4) is 0 Å². The second kappa shape index (κ2) is 9.55. The molecule has 0 aliphatic rings. The summed E-state index contributed by atoms with van der Waals surface area (Å²) in [6, 6.07) is 27.6. The topological polar surface area (TPSA) is 61.4 Å². The second-order valence-electron chi connectivity index (χ2n) is 6.40. The number of benzene rings is 3. The number of hydrogen-bond donors (Lipinski definition) is 3. The maximum absolute atomic E-state index is 12.2. The maximum Gasteiger partial charge on any atom is 0.319 e. The Bertz CT molecular complexity index is 811. The lowest BCUT2D eigenvalue weighted by atomic mass is 9.88. The summed E-state index contributed by atoms with van der Waals surface area (Å²) in [5.41, 5.74) is 3.91. The van der Waals surface area contributed by atoms with Crippen molar-refractivity contribution in [2.45, 2.75) is 18.9 Å². The molecule has 27 heavy (non-hydrogen) atoms. The molecule has 0 bridgehead atoms. The Hall–Kier alpha value is -3.11. The zero-order valence-corrected chi connectivity index (χ0v) is 15.1. The van der Waals surface area contributed by atoms with Gasteiger partial charge in [0.1, 0.15) is 0 Å². The summed E-state index contributed by atoms with van der Waals surface area (Å²) in [4.78, 5) is 12.2. The van der Waals surface area contributed by atoms with Crippen molar-refractivity contribution in [3.63, 3.8) is 0 Å². The zero-order valence-electron chi connectivity index (χ0n) is 15.1. The number of carbonyl (C=O) groups excluding carboxylic acids is 1. The van der Waals surface area contributed by atoms with E-state index in [1.165, 1.54) is 11.1 Å². The Morgan fingerprint density at radius 3 is 2.07 bits per heavy atom. The van der Waals surface area contributed by atoms with Crippen LogP contribution in [0.15, 0.2) is 84.9 Å². The van der Waals surface area contributed by atoms with Gasteiger partial charge in [0.25, 0.3) is 0 Å². The molecule has 0 atom stereocenters. The standard InChI is InChI=1S/C23H24N2O2/c26-17-18-8-7-13-21(16-18)25-23(27)24-15-14-22(19-9-3-1-4-10-19)20-11-5-2-6-12-20/h1-13,16,22,26H,14-15,17H2,(H2,24,25,27). The molecule has 3 aromatic carbocycles. The third kappa shape index (κ3) is 5.43. The average Bonchev–Trinajstić information content (AvgIpc) is 2.72. The number of aliphatic hydroxyl groups is 1. The summed E-state index contributed by atoms with van der Waals surface area (Å²) < 4.78 is 0. The molecule has 0 aliphatic heterocycles. The highest BCUT2D eigenvalue weighted by atomic mass is 16.3. The third-order valence-corrected chi connectivity index (χ3v) is 4.49. The van der Waals surface area contributed by atoms with Crippen molar-refractivity contribution in [1.29, 1.82) is 0 Å².